The van der Waals surface area contributed by atoms with Gasteiger partial charge < -0.3 is 24.5 Å². The fourth-order valence-electron chi connectivity index (χ4n) is 4.65. The van der Waals surface area contributed by atoms with Crippen LogP contribution in [0.15, 0.2) is 60.0 Å². The number of ether oxygens (including phenoxy) is 1. The largest absolute Gasteiger partial charge is 0.492 e. The van der Waals surface area contributed by atoms with E-state index in [4.69, 9.17) is 9.72 Å². The van der Waals surface area contributed by atoms with E-state index in [1.807, 2.05) is 48.1 Å². The lowest BCUT2D eigenvalue weighted by molar-refractivity contribution is 0.198. The highest BCUT2D eigenvalue weighted by Crippen LogP contribution is 2.35. The predicted molar refractivity (Wildman–Crippen MR) is 133 cm³/mol. The van der Waals surface area contributed by atoms with Crippen LogP contribution in [0.25, 0.3) is 16.9 Å². The molecule has 1 atom stereocenters. The third-order valence-electron chi connectivity index (χ3n) is 6.33. The molecule has 2 aliphatic heterocycles. The van der Waals surface area contributed by atoms with Gasteiger partial charge in [-0.15, -0.1) is 0 Å². The van der Waals surface area contributed by atoms with E-state index < -0.39 is 0 Å². The topological polar surface area (TPSA) is 87.3 Å². The molecule has 8 heteroatoms. The lowest BCUT2D eigenvalue weighted by Crippen LogP contribution is -2.21. The molecule has 1 fully saturated rings. The molecule has 2 aromatic heterocycles. The van der Waals surface area contributed by atoms with Gasteiger partial charge in [0, 0.05) is 55.2 Å². The summed E-state index contributed by atoms with van der Waals surface area (Å²) in [5, 5.41) is 13.4. The average Bonchev–Trinajstić information content (AvgIpc) is 3.59. The molecule has 1 saturated heterocycles. The van der Waals surface area contributed by atoms with Gasteiger partial charge in [0.1, 0.15) is 5.75 Å². The molecule has 0 spiro atoms. The highest BCUT2D eigenvalue weighted by Gasteiger charge is 2.23. The molecule has 8 nitrogen and oxygen atoms in total. The summed E-state index contributed by atoms with van der Waals surface area (Å²) in [6.45, 7) is 4.69. The first kappa shape index (κ1) is 20.7. The van der Waals surface area contributed by atoms with Crippen LogP contribution in [0, 0.1) is 0 Å². The molecule has 4 heterocycles. The van der Waals surface area contributed by atoms with Gasteiger partial charge in [0.2, 0.25) is 0 Å². The van der Waals surface area contributed by atoms with Crippen molar-refractivity contribution in [2.75, 3.05) is 29.9 Å². The fraction of sp³-hybridized carbons (Fsp3) is 0.269. The number of aromatic nitrogens is 3. The fourth-order valence-corrected chi connectivity index (χ4v) is 4.65. The van der Waals surface area contributed by atoms with Crippen LogP contribution in [-0.2, 0) is 6.54 Å². The first-order valence-electron chi connectivity index (χ1n) is 11.6. The molecule has 2 aromatic carbocycles. The summed E-state index contributed by atoms with van der Waals surface area (Å²) in [6.07, 6.45) is 8.10. The number of aliphatic imine (C=N–C) groups is 1. The summed E-state index contributed by atoms with van der Waals surface area (Å²) in [5.74, 6) is 1.46. The second-order valence-electron chi connectivity index (χ2n) is 8.65. The first-order chi connectivity index (χ1) is 16.7. The Labute approximate surface area is 197 Å². The van der Waals surface area contributed by atoms with Crippen molar-refractivity contribution in [2.45, 2.75) is 26.0 Å². The predicted octanol–water partition coefficient (Wildman–Crippen LogP) is 4.04. The number of imidazole rings is 1. The third-order valence-corrected chi connectivity index (χ3v) is 6.33. The summed E-state index contributed by atoms with van der Waals surface area (Å²) >= 11 is 0. The highest BCUT2D eigenvalue weighted by molar-refractivity contribution is 5.86. The zero-order valence-corrected chi connectivity index (χ0v) is 19.0. The van der Waals surface area contributed by atoms with Gasteiger partial charge in [-0.3, -0.25) is 4.99 Å². The minimum Gasteiger partial charge on any atom is -0.492 e. The summed E-state index contributed by atoms with van der Waals surface area (Å²) in [7, 11) is 0. The number of β-amino-alcohol motifs (C(OH)–C–C–N with tert-alkyl or cyclic N) is 1. The maximum atomic E-state index is 9.96. The molecule has 6 rings (SSSR count). The second-order valence-corrected chi connectivity index (χ2v) is 8.65. The minimum atomic E-state index is -0.293. The molecular weight excluding hydrogens is 428 g/mol. The van der Waals surface area contributed by atoms with Crippen LogP contribution in [0.2, 0.25) is 0 Å². The number of rotatable bonds is 6. The van der Waals surface area contributed by atoms with Crippen molar-refractivity contribution in [2.24, 2.45) is 4.99 Å². The van der Waals surface area contributed by atoms with E-state index in [9.17, 15) is 5.11 Å². The van der Waals surface area contributed by atoms with Crippen molar-refractivity contribution in [3.63, 3.8) is 0 Å². The number of aliphatic hydroxyl groups excluding tert-OH is 1. The van der Waals surface area contributed by atoms with Crippen LogP contribution in [0.3, 0.4) is 0 Å². The van der Waals surface area contributed by atoms with E-state index in [1.54, 1.807) is 6.20 Å². The smallest absolute Gasteiger partial charge is 0.180 e. The molecule has 2 aliphatic rings. The number of hydrogen-bond donors (Lipinski definition) is 2. The van der Waals surface area contributed by atoms with E-state index >= 15 is 0 Å². The number of anilines is 3. The van der Waals surface area contributed by atoms with Gasteiger partial charge in [0.25, 0.3) is 0 Å². The summed E-state index contributed by atoms with van der Waals surface area (Å²) < 4.78 is 7.94. The molecule has 0 unspecified atom stereocenters. The summed E-state index contributed by atoms with van der Waals surface area (Å²) in [5.41, 5.74) is 6.89. The number of benzene rings is 2. The lowest BCUT2D eigenvalue weighted by atomic mass is 10.0. The van der Waals surface area contributed by atoms with Gasteiger partial charge in [0.15, 0.2) is 11.5 Å². The molecule has 0 amide bonds. The van der Waals surface area contributed by atoms with Crippen LogP contribution < -0.4 is 15.0 Å². The molecule has 0 bridgehead atoms. The molecule has 172 valence electrons. The number of hydrogen-bond acceptors (Lipinski definition) is 7. The van der Waals surface area contributed by atoms with E-state index in [1.165, 1.54) is 11.1 Å². The Balaban J connectivity index is 1.35. The molecule has 34 heavy (non-hydrogen) atoms. The quantitative estimate of drug-likeness (QED) is 0.457. The standard InChI is InChI=1S/C26H26N6O2/c1-2-34-24-12-20(5-6-23(24)31-9-7-21(33)15-31)29-25-26-28-8-10-32(26)16-22(30-25)17-3-4-18-13-27-14-19(18)11-17/h3-6,8,10-13,16,21,33H,2,7,9,14-15H2,1H3,(H,29,30)/t21-/m1/s1. The molecule has 2 N–H and O–H groups in total. The van der Waals surface area contributed by atoms with Crippen molar-refractivity contribution in [1.82, 2.24) is 14.4 Å². The molecule has 0 saturated carbocycles. The Morgan fingerprint density at radius 3 is 3.00 bits per heavy atom. The highest BCUT2D eigenvalue weighted by atomic mass is 16.5. The van der Waals surface area contributed by atoms with Crippen LogP contribution in [0.5, 0.6) is 5.75 Å². The Bertz CT molecular complexity index is 1400. The second kappa shape index (κ2) is 8.46. The Kier molecular flexibility index (Phi) is 5.15. The van der Waals surface area contributed by atoms with Crippen LogP contribution >= 0.6 is 0 Å². The van der Waals surface area contributed by atoms with E-state index in [0.29, 0.717) is 25.5 Å². The normalized spacial score (nSPS) is 16.9. The SMILES string of the molecule is CCOc1cc(Nc2nc(-c3ccc4c(c3)CN=C4)cn3ccnc23)ccc1N1CC[C@@H](O)C1. The van der Waals surface area contributed by atoms with Crippen molar-refractivity contribution >= 4 is 29.1 Å². The minimum absolute atomic E-state index is 0.293. The molecule has 4 aromatic rings. The average molecular weight is 455 g/mol. The van der Waals surface area contributed by atoms with E-state index in [0.717, 1.165) is 47.0 Å². The molecule has 0 radical (unpaired) electrons. The van der Waals surface area contributed by atoms with Gasteiger partial charge >= 0.3 is 0 Å². The van der Waals surface area contributed by atoms with Crippen LogP contribution in [0.4, 0.5) is 17.2 Å². The van der Waals surface area contributed by atoms with Crippen molar-refractivity contribution in [3.8, 4) is 17.0 Å². The maximum absolute atomic E-state index is 9.96. The lowest BCUT2D eigenvalue weighted by Gasteiger charge is -2.22. The van der Waals surface area contributed by atoms with Crippen LogP contribution in [0.1, 0.15) is 24.5 Å². The Morgan fingerprint density at radius 1 is 1.21 bits per heavy atom. The van der Waals surface area contributed by atoms with Crippen LogP contribution in [-0.4, -0.2) is 51.5 Å². The van der Waals surface area contributed by atoms with Crippen molar-refractivity contribution < 1.29 is 9.84 Å². The van der Waals surface area contributed by atoms with Crippen molar-refractivity contribution in [1.29, 1.82) is 0 Å². The van der Waals surface area contributed by atoms with Gasteiger partial charge in [-0.2, -0.15) is 0 Å². The Morgan fingerprint density at radius 2 is 2.15 bits per heavy atom. The maximum Gasteiger partial charge on any atom is 0.180 e. The zero-order valence-electron chi connectivity index (χ0n) is 19.0. The first-order valence-corrected chi connectivity index (χ1v) is 11.6. The number of aliphatic hydroxyl groups is 1. The zero-order chi connectivity index (χ0) is 23.1. The summed E-state index contributed by atoms with van der Waals surface area (Å²) in [4.78, 5) is 16.0. The van der Waals surface area contributed by atoms with E-state index in [2.05, 4.69) is 38.4 Å². The summed E-state index contributed by atoms with van der Waals surface area (Å²) in [6, 6.07) is 12.4. The number of nitrogens with one attached hydrogen (secondary N) is 1. The number of nitrogens with zero attached hydrogens (tertiary/aromatic N) is 5. The van der Waals surface area contributed by atoms with E-state index in [-0.39, 0.29) is 6.10 Å². The van der Waals surface area contributed by atoms with Gasteiger partial charge in [0.05, 0.1) is 30.6 Å². The Hall–Kier alpha value is -3.91. The van der Waals surface area contributed by atoms with Crippen molar-refractivity contribution in [3.05, 3.63) is 66.1 Å². The van der Waals surface area contributed by atoms with Gasteiger partial charge in [-0.25, -0.2) is 9.97 Å². The van der Waals surface area contributed by atoms with Gasteiger partial charge in [-0.05, 0) is 42.7 Å². The van der Waals surface area contributed by atoms with Gasteiger partial charge in [-0.1, -0.05) is 12.1 Å². The molecular formula is C26H26N6O2. The third kappa shape index (κ3) is 3.76. The molecule has 0 aliphatic carbocycles. The number of fused-ring (bicyclic) bond motifs is 2. The monoisotopic (exact) mass is 454 g/mol.